The molecule has 1 amide bonds. The Labute approximate surface area is 209 Å². The van der Waals surface area contributed by atoms with Gasteiger partial charge in [0, 0.05) is 28.9 Å². The topological polar surface area (TPSA) is 92.9 Å². The van der Waals surface area contributed by atoms with Crippen LogP contribution in [0.2, 0.25) is 0 Å². The third-order valence-corrected chi connectivity index (χ3v) is 6.35. The van der Waals surface area contributed by atoms with Gasteiger partial charge in [-0.2, -0.15) is 0 Å². The van der Waals surface area contributed by atoms with Crippen molar-refractivity contribution in [3.63, 3.8) is 0 Å². The molecule has 180 valence electrons. The van der Waals surface area contributed by atoms with Gasteiger partial charge >= 0.3 is 0 Å². The van der Waals surface area contributed by atoms with Crippen molar-refractivity contribution in [2.45, 2.75) is 25.9 Å². The largest absolute Gasteiger partial charge is 0.394 e. The molecule has 1 atom stereocenters. The lowest BCUT2D eigenvalue weighted by molar-refractivity contribution is 0.0915. The number of pyridine rings is 1. The van der Waals surface area contributed by atoms with Gasteiger partial charge in [0.05, 0.1) is 25.4 Å². The van der Waals surface area contributed by atoms with Gasteiger partial charge < -0.3 is 10.4 Å². The minimum atomic E-state index is -0.488. The zero-order valence-electron chi connectivity index (χ0n) is 20.0. The van der Waals surface area contributed by atoms with E-state index >= 15 is 0 Å². The van der Waals surface area contributed by atoms with Crippen LogP contribution in [-0.4, -0.2) is 37.6 Å². The molecule has 7 heteroatoms. The Morgan fingerprint density at radius 2 is 1.86 bits per heavy atom. The number of amides is 1. The van der Waals surface area contributed by atoms with E-state index in [2.05, 4.69) is 33.6 Å². The summed E-state index contributed by atoms with van der Waals surface area (Å²) in [5.41, 5.74) is 5.15. The lowest BCUT2D eigenvalue weighted by Gasteiger charge is -2.18. The van der Waals surface area contributed by atoms with Crippen molar-refractivity contribution in [3.8, 4) is 11.3 Å². The van der Waals surface area contributed by atoms with E-state index in [0.29, 0.717) is 12.1 Å². The van der Waals surface area contributed by atoms with E-state index in [0.717, 1.165) is 39.6 Å². The van der Waals surface area contributed by atoms with Gasteiger partial charge in [-0.05, 0) is 46.7 Å². The van der Waals surface area contributed by atoms with Crippen molar-refractivity contribution in [3.05, 3.63) is 114 Å². The summed E-state index contributed by atoms with van der Waals surface area (Å²) in [6.45, 7) is 2.30. The first kappa shape index (κ1) is 23.4. The number of nitrogens with one attached hydrogen (secondary N) is 1. The molecule has 0 fully saturated rings. The molecule has 0 saturated carbocycles. The normalized spacial score (nSPS) is 11.9. The third kappa shape index (κ3) is 5.01. The van der Waals surface area contributed by atoms with Gasteiger partial charge in [0.25, 0.3) is 5.91 Å². The van der Waals surface area contributed by atoms with E-state index in [1.807, 2.05) is 73.1 Å². The number of aromatic nitrogens is 4. The van der Waals surface area contributed by atoms with Crippen molar-refractivity contribution in [2.24, 2.45) is 0 Å². The molecule has 2 N–H and O–H groups in total. The first-order valence-corrected chi connectivity index (χ1v) is 12.0. The van der Waals surface area contributed by atoms with E-state index in [9.17, 15) is 9.90 Å². The molecule has 36 heavy (non-hydrogen) atoms. The number of hydrogen-bond acceptors (Lipinski definition) is 5. The highest BCUT2D eigenvalue weighted by atomic mass is 16.3. The summed E-state index contributed by atoms with van der Waals surface area (Å²) in [5, 5.41) is 23.7. The van der Waals surface area contributed by atoms with Crippen LogP contribution in [0.25, 0.3) is 22.0 Å². The van der Waals surface area contributed by atoms with Gasteiger partial charge in [0.2, 0.25) is 0 Å². The van der Waals surface area contributed by atoms with E-state index in [-0.39, 0.29) is 12.5 Å². The number of nitrogens with zero attached hydrogens (tertiary/aromatic N) is 4. The first-order chi connectivity index (χ1) is 17.6. The average molecular weight is 478 g/mol. The first-order valence-electron chi connectivity index (χ1n) is 12.0. The minimum absolute atomic E-state index is 0.187. The summed E-state index contributed by atoms with van der Waals surface area (Å²) >= 11 is 0. The summed E-state index contributed by atoms with van der Waals surface area (Å²) in [5.74, 6) is -0.243. The number of benzene rings is 3. The number of carbonyl (C=O) groups is 1. The van der Waals surface area contributed by atoms with Crippen LogP contribution in [-0.2, 0) is 13.0 Å². The molecule has 0 bridgehead atoms. The molecule has 2 aromatic heterocycles. The summed E-state index contributed by atoms with van der Waals surface area (Å²) < 4.78 is 1.73. The van der Waals surface area contributed by atoms with Gasteiger partial charge in [-0.25, -0.2) is 4.68 Å². The molecule has 0 saturated heterocycles. The molecule has 7 nitrogen and oxygen atoms in total. The summed E-state index contributed by atoms with van der Waals surface area (Å²) in [6.07, 6.45) is 6.42. The molecular formula is C29H27N5O2. The van der Waals surface area contributed by atoms with Crippen LogP contribution in [0.15, 0.2) is 91.4 Å². The molecule has 3 aromatic carbocycles. The van der Waals surface area contributed by atoms with Crippen LogP contribution in [0.5, 0.6) is 0 Å². The molecule has 2 heterocycles. The van der Waals surface area contributed by atoms with Crippen LogP contribution < -0.4 is 5.32 Å². The van der Waals surface area contributed by atoms with Crippen LogP contribution in [0.3, 0.4) is 0 Å². The number of fused-ring (bicyclic) bond motifs is 1. The number of carbonyl (C=O) groups excluding carboxylic acids is 1. The molecular weight excluding hydrogens is 450 g/mol. The summed E-state index contributed by atoms with van der Waals surface area (Å²) in [7, 11) is 0. The highest BCUT2D eigenvalue weighted by Crippen LogP contribution is 2.23. The van der Waals surface area contributed by atoms with Crippen LogP contribution in [0.1, 0.15) is 40.0 Å². The maximum atomic E-state index is 13.2. The van der Waals surface area contributed by atoms with Crippen LogP contribution >= 0.6 is 0 Å². The van der Waals surface area contributed by atoms with Gasteiger partial charge in [0.1, 0.15) is 5.69 Å². The molecule has 0 radical (unpaired) electrons. The van der Waals surface area contributed by atoms with E-state index < -0.39 is 6.04 Å². The van der Waals surface area contributed by atoms with Gasteiger partial charge in [-0.3, -0.25) is 9.78 Å². The second-order valence-corrected chi connectivity index (χ2v) is 8.70. The fourth-order valence-electron chi connectivity index (χ4n) is 4.26. The second-order valence-electron chi connectivity index (χ2n) is 8.70. The van der Waals surface area contributed by atoms with Gasteiger partial charge in [-0.15, -0.1) is 5.10 Å². The minimum Gasteiger partial charge on any atom is -0.394 e. The van der Waals surface area contributed by atoms with Crippen molar-refractivity contribution in [1.29, 1.82) is 0 Å². The van der Waals surface area contributed by atoms with E-state index in [1.165, 1.54) is 5.56 Å². The number of aryl methyl sites for hydroxylation is 1. The number of rotatable bonds is 8. The number of hydrogen-bond donors (Lipinski definition) is 2. The quantitative estimate of drug-likeness (QED) is 0.342. The van der Waals surface area contributed by atoms with Crippen molar-refractivity contribution >= 4 is 16.7 Å². The van der Waals surface area contributed by atoms with E-state index in [4.69, 9.17) is 0 Å². The zero-order chi connectivity index (χ0) is 24.9. The Bertz CT molecular complexity index is 1490. The smallest absolute Gasteiger partial charge is 0.252 e. The highest BCUT2D eigenvalue weighted by Gasteiger charge is 2.18. The Morgan fingerprint density at radius 1 is 1.03 bits per heavy atom. The molecule has 0 aliphatic carbocycles. The molecule has 0 spiro atoms. The van der Waals surface area contributed by atoms with Gasteiger partial charge in [-0.1, -0.05) is 66.7 Å². The fourth-order valence-corrected chi connectivity index (χ4v) is 4.26. The second kappa shape index (κ2) is 10.5. The van der Waals surface area contributed by atoms with Crippen molar-refractivity contribution in [1.82, 2.24) is 25.3 Å². The Hall–Kier alpha value is -4.36. The highest BCUT2D eigenvalue weighted by molar-refractivity contribution is 5.96. The maximum absolute atomic E-state index is 13.2. The molecule has 0 aliphatic rings. The fraction of sp³-hybridized carbons (Fsp3) is 0.172. The SMILES string of the molecule is CCc1ccc(C(CO)NC(=O)c2ccccc2Cn2cc(-c3ccc4cnccc4c3)nn2)cc1. The monoisotopic (exact) mass is 477 g/mol. The lowest BCUT2D eigenvalue weighted by atomic mass is 10.0. The number of aliphatic hydroxyl groups is 1. The Morgan fingerprint density at radius 3 is 2.67 bits per heavy atom. The van der Waals surface area contributed by atoms with Crippen molar-refractivity contribution < 1.29 is 9.90 Å². The molecule has 5 aromatic rings. The predicted octanol–water partition coefficient (Wildman–Crippen LogP) is 4.57. The zero-order valence-corrected chi connectivity index (χ0v) is 20.0. The van der Waals surface area contributed by atoms with Crippen LogP contribution in [0.4, 0.5) is 0 Å². The molecule has 5 rings (SSSR count). The van der Waals surface area contributed by atoms with Crippen LogP contribution in [0, 0.1) is 0 Å². The number of aliphatic hydroxyl groups excluding tert-OH is 1. The van der Waals surface area contributed by atoms with Crippen molar-refractivity contribution in [2.75, 3.05) is 6.61 Å². The standard InChI is InChI=1S/C29H27N5O2/c1-2-20-7-9-21(10-8-20)28(19-35)31-29(36)26-6-4-3-5-25(26)17-34-18-27(32-33-34)23-11-12-24-16-30-14-13-22(24)15-23/h3-16,18,28,35H,2,17,19H2,1H3,(H,31,36). The summed E-state index contributed by atoms with van der Waals surface area (Å²) in [6, 6.07) is 22.9. The summed E-state index contributed by atoms with van der Waals surface area (Å²) in [4.78, 5) is 17.4. The molecule has 1 unspecified atom stereocenters. The predicted molar refractivity (Wildman–Crippen MR) is 139 cm³/mol. The average Bonchev–Trinajstić information content (AvgIpc) is 3.40. The maximum Gasteiger partial charge on any atom is 0.252 e. The van der Waals surface area contributed by atoms with E-state index in [1.54, 1.807) is 16.9 Å². The third-order valence-electron chi connectivity index (χ3n) is 6.35. The Kier molecular flexibility index (Phi) is 6.82. The molecule has 0 aliphatic heterocycles. The lowest BCUT2D eigenvalue weighted by Crippen LogP contribution is -2.31. The Balaban J connectivity index is 1.34. The van der Waals surface area contributed by atoms with Gasteiger partial charge in [0.15, 0.2) is 0 Å².